The second-order valence-corrected chi connectivity index (χ2v) is 5.16. The van der Waals surface area contributed by atoms with Crippen molar-refractivity contribution < 1.29 is 4.79 Å². The number of Topliss-reactive ketones (excluding diaryl/α,β-unsaturated/α-hetero) is 1. The summed E-state index contributed by atoms with van der Waals surface area (Å²) in [4.78, 5) is 14.5. The molecule has 0 spiro atoms. The van der Waals surface area contributed by atoms with Gasteiger partial charge in [0.1, 0.15) is 0 Å². The topological polar surface area (TPSA) is 20.3 Å². The molecule has 0 aromatic heterocycles. The van der Waals surface area contributed by atoms with Crippen LogP contribution in [-0.4, -0.2) is 30.3 Å². The zero-order valence-corrected chi connectivity index (χ0v) is 11.0. The number of hydrogen-bond donors (Lipinski definition) is 0. The quantitative estimate of drug-likeness (QED) is 0.745. The van der Waals surface area contributed by atoms with Gasteiger partial charge in [-0.15, -0.1) is 0 Å². The minimum atomic E-state index is 0.271. The molecular formula is C15H21NO. The summed E-state index contributed by atoms with van der Waals surface area (Å²) in [6.07, 6.45) is 2.47. The van der Waals surface area contributed by atoms with Gasteiger partial charge in [-0.05, 0) is 69.5 Å². The smallest absolute Gasteiger partial charge is 0.177 e. The van der Waals surface area contributed by atoms with Crippen LogP contribution < -0.4 is 0 Å². The lowest BCUT2D eigenvalue weighted by Gasteiger charge is -2.15. The highest BCUT2D eigenvalue weighted by Crippen LogP contribution is 2.17. The second-order valence-electron chi connectivity index (χ2n) is 5.16. The highest BCUT2D eigenvalue weighted by Gasteiger charge is 2.17. The molecule has 1 saturated heterocycles. The van der Waals surface area contributed by atoms with Crippen molar-refractivity contribution in [3.8, 4) is 0 Å². The first kappa shape index (κ1) is 12.3. The Hall–Kier alpha value is -1.15. The number of aryl methyl sites for hydroxylation is 3. The van der Waals surface area contributed by atoms with Crippen LogP contribution in [0.3, 0.4) is 0 Å². The Morgan fingerprint density at radius 3 is 2.29 bits per heavy atom. The molecular weight excluding hydrogens is 210 g/mol. The highest BCUT2D eigenvalue weighted by atomic mass is 16.1. The lowest BCUT2D eigenvalue weighted by atomic mass is 9.98. The van der Waals surface area contributed by atoms with E-state index in [0.29, 0.717) is 6.54 Å². The molecule has 0 unspecified atom stereocenters. The molecule has 92 valence electrons. The Kier molecular flexibility index (Phi) is 3.63. The van der Waals surface area contributed by atoms with E-state index < -0.39 is 0 Å². The number of carbonyl (C=O) groups is 1. The van der Waals surface area contributed by atoms with Crippen LogP contribution in [0.2, 0.25) is 0 Å². The third kappa shape index (κ3) is 2.75. The van der Waals surface area contributed by atoms with Gasteiger partial charge >= 0.3 is 0 Å². The highest BCUT2D eigenvalue weighted by molar-refractivity contribution is 5.99. The number of ketones is 1. The van der Waals surface area contributed by atoms with Gasteiger partial charge in [-0.3, -0.25) is 9.69 Å². The van der Waals surface area contributed by atoms with E-state index in [-0.39, 0.29) is 5.78 Å². The molecule has 17 heavy (non-hydrogen) atoms. The van der Waals surface area contributed by atoms with E-state index >= 15 is 0 Å². The predicted molar refractivity (Wildman–Crippen MR) is 70.7 cm³/mol. The van der Waals surface area contributed by atoms with E-state index in [1.165, 1.54) is 24.0 Å². The van der Waals surface area contributed by atoms with Crippen molar-refractivity contribution in [3.63, 3.8) is 0 Å². The molecule has 1 aliphatic rings. The summed E-state index contributed by atoms with van der Waals surface area (Å²) in [7, 11) is 0. The average Bonchev–Trinajstić information content (AvgIpc) is 2.76. The van der Waals surface area contributed by atoms with E-state index in [4.69, 9.17) is 0 Å². The summed E-state index contributed by atoms with van der Waals surface area (Å²) in [5, 5.41) is 0. The molecule has 1 aromatic carbocycles. The number of benzene rings is 1. The lowest BCUT2D eigenvalue weighted by Crippen LogP contribution is -2.27. The molecule has 0 saturated carbocycles. The van der Waals surface area contributed by atoms with Gasteiger partial charge in [0.05, 0.1) is 6.54 Å². The van der Waals surface area contributed by atoms with Gasteiger partial charge in [-0.25, -0.2) is 0 Å². The summed E-state index contributed by atoms with van der Waals surface area (Å²) in [6.45, 7) is 8.94. The first-order chi connectivity index (χ1) is 8.08. The normalized spacial score (nSPS) is 16.4. The van der Waals surface area contributed by atoms with Crippen LogP contribution >= 0.6 is 0 Å². The zero-order valence-electron chi connectivity index (χ0n) is 11.0. The van der Waals surface area contributed by atoms with Crippen molar-refractivity contribution in [2.24, 2.45) is 0 Å². The van der Waals surface area contributed by atoms with E-state index in [1.807, 2.05) is 13.0 Å². The van der Waals surface area contributed by atoms with E-state index in [9.17, 15) is 4.79 Å². The third-order valence-corrected chi connectivity index (χ3v) is 3.71. The lowest BCUT2D eigenvalue weighted by molar-refractivity contribution is 0.0944. The molecule has 0 N–H and O–H groups in total. The van der Waals surface area contributed by atoms with Crippen LogP contribution in [0.5, 0.6) is 0 Å². The van der Waals surface area contributed by atoms with Crippen LogP contribution in [0.4, 0.5) is 0 Å². The number of likely N-dealkylation sites (tertiary alicyclic amines) is 1. The number of rotatable bonds is 3. The Bertz CT molecular complexity index is 431. The van der Waals surface area contributed by atoms with E-state index in [1.54, 1.807) is 0 Å². The molecule has 0 aliphatic carbocycles. The predicted octanol–water partition coefficient (Wildman–Crippen LogP) is 2.89. The van der Waals surface area contributed by atoms with Crippen molar-refractivity contribution in [1.82, 2.24) is 4.90 Å². The van der Waals surface area contributed by atoms with Crippen molar-refractivity contribution in [2.75, 3.05) is 19.6 Å². The van der Waals surface area contributed by atoms with E-state index in [2.05, 4.69) is 24.8 Å². The third-order valence-electron chi connectivity index (χ3n) is 3.71. The van der Waals surface area contributed by atoms with Crippen molar-refractivity contribution in [1.29, 1.82) is 0 Å². The summed E-state index contributed by atoms with van der Waals surface area (Å²) in [5.74, 6) is 0.271. The molecule has 2 nitrogen and oxygen atoms in total. The molecule has 0 radical (unpaired) electrons. The molecule has 2 rings (SSSR count). The minimum Gasteiger partial charge on any atom is -0.296 e. The Morgan fingerprint density at radius 2 is 1.65 bits per heavy atom. The van der Waals surface area contributed by atoms with Crippen molar-refractivity contribution in [3.05, 3.63) is 34.4 Å². The summed E-state index contributed by atoms with van der Waals surface area (Å²) in [6, 6.07) is 4.16. The Balaban J connectivity index is 2.15. The fraction of sp³-hybridized carbons (Fsp3) is 0.533. The minimum absolute atomic E-state index is 0.271. The SMILES string of the molecule is Cc1cc(C)c(C(=O)CN2CCCC2)cc1C. The maximum absolute atomic E-state index is 12.2. The summed E-state index contributed by atoms with van der Waals surface area (Å²) >= 11 is 0. The van der Waals surface area contributed by atoms with Crippen molar-refractivity contribution in [2.45, 2.75) is 33.6 Å². The van der Waals surface area contributed by atoms with Crippen LogP contribution in [0.15, 0.2) is 12.1 Å². The monoisotopic (exact) mass is 231 g/mol. The molecule has 0 amide bonds. The second kappa shape index (κ2) is 5.01. The molecule has 0 bridgehead atoms. The number of hydrogen-bond acceptors (Lipinski definition) is 2. The van der Waals surface area contributed by atoms with Gasteiger partial charge in [-0.2, -0.15) is 0 Å². The van der Waals surface area contributed by atoms with Gasteiger partial charge in [0.25, 0.3) is 0 Å². The molecule has 1 aromatic rings. The molecule has 1 aliphatic heterocycles. The first-order valence-electron chi connectivity index (χ1n) is 6.41. The van der Waals surface area contributed by atoms with Gasteiger partial charge in [0.15, 0.2) is 5.78 Å². The van der Waals surface area contributed by atoms with Gasteiger partial charge < -0.3 is 0 Å². The summed E-state index contributed by atoms with van der Waals surface area (Å²) < 4.78 is 0. The van der Waals surface area contributed by atoms with Crippen LogP contribution in [0.25, 0.3) is 0 Å². The van der Waals surface area contributed by atoms with Crippen LogP contribution in [0.1, 0.15) is 39.9 Å². The molecule has 1 fully saturated rings. The average molecular weight is 231 g/mol. The van der Waals surface area contributed by atoms with E-state index in [0.717, 1.165) is 24.2 Å². The fourth-order valence-electron chi connectivity index (χ4n) is 2.49. The fourth-order valence-corrected chi connectivity index (χ4v) is 2.49. The van der Waals surface area contributed by atoms with Crippen LogP contribution in [-0.2, 0) is 0 Å². The Morgan fingerprint density at radius 1 is 1.06 bits per heavy atom. The summed E-state index contributed by atoms with van der Waals surface area (Å²) in [5.41, 5.74) is 4.48. The van der Waals surface area contributed by atoms with Gasteiger partial charge in [-0.1, -0.05) is 6.07 Å². The van der Waals surface area contributed by atoms with Gasteiger partial charge in [0.2, 0.25) is 0 Å². The maximum Gasteiger partial charge on any atom is 0.177 e. The van der Waals surface area contributed by atoms with Gasteiger partial charge in [0, 0.05) is 5.56 Å². The Labute approximate surface area is 104 Å². The maximum atomic E-state index is 12.2. The van der Waals surface area contributed by atoms with Crippen LogP contribution in [0, 0.1) is 20.8 Å². The standard InChI is InChI=1S/C15H21NO/c1-11-8-13(3)14(9-12(11)2)15(17)10-16-6-4-5-7-16/h8-9H,4-7,10H2,1-3H3. The number of nitrogens with zero attached hydrogens (tertiary/aromatic N) is 1. The largest absolute Gasteiger partial charge is 0.296 e. The first-order valence-corrected chi connectivity index (χ1v) is 6.41. The molecule has 2 heteroatoms. The molecule has 1 heterocycles. The van der Waals surface area contributed by atoms with Crippen molar-refractivity contribution >= 4 is 5.78 Å². The number of carbonyl (C=O) groups excluding carboxylic acids is 1. The zero-order chi connectivity index (χ0) is 12.4. The molecule has 0 atom stereocenters.